The summed E-state index contributed by atoms with van der Waals surface area (Å²) in [4.78, 5) is 14.5. The van der Waals surface area contributed by atoms with Crippen molar-refractivity contribution in [1.29, 1.82) is 5.41 Å². The number of fused-ring (bicyclic) bond motifs is 2. The Kier molecular flexibility index (Phi) is 7.04. The lowest BCUT2D eigenvalue weighted by atomic mass is 10.00. The second-order valence-electron chi connectivity index (χ2n) is 10.7. The van der Waals surface area contributed by atoms with Crippen molar-refractivity contribution in [2.45, 2.75) is 31.8 Å². The van der Waals surface area contributed by atoms with Crippen LogP contribution in [0.3, 0.4) is 0 Å². The third-order valence-corrected chi connectivity index (χ3v) is 8.86. The van der Waals surface area contributed by atoms with Crippen LogP contribution < -0.4 is 4.90 Å². The maximum atomic E-state index is 12.1. The summed E-state index contributed by atoms with van der Waals surface area (Å²) in [7, 11) is 1.37. The first-order chi connectivity index (χ1) is 18.8. The van der Waals surface area contributed by atoms with Crippen LogP contribution in [-0.4, -0.2) is 59.3 Å². The fourth-order valence-electron chi connectivity index (χ4n) is 5.99. The normalized spacial score (nSPS) is 23.2. The van der Waals surface area contributed by atoms with Gasteiger partial charge in [-0.3, -0.25) is 5.41 Å². The summed E-state index contributed by atoms with van der Waals surface area (Å²) in [6.07, 6.45) is 7.12. The molecule has 0 amide bonds. The summed E-state index contributed by atoms with van der Waals surface area (Å²) in [5.74, 6) is 0.874. The minimum atomic E-state index is -0.397. The number of esters is 1. The van der Waals surface area contributed by atoms with Gasteiger partial charge in [-0.15, -0.1) is 0 Å². The number of aliphatic hydroxyl groups excluding tert-OH is 1. The first kappa shape index (κ1) is 26.2. The molecule has 2 aromatic heterocycles. The number of anilines is 1. The van der Waals surface area contributed by atoms with E-state index in [0.717, 1.165) is 50.0 Å². The van der Waals surface area contributed by atoms with Gasteiger partial charge in [-0.05, 0) is 61.8 Å². The highest BCUT2D eigenvalue weighted by molar-refractivity contribution is 6.41. The van der Waals surface area contributed by atoms with Crippen molar-refractivity contribution >= 4 is 46.1 Å². The molecular weight excluding hydrogens is 539 g/mol. The highest BCUT2D eigenvalue weighted by atomic mass is 35.5. The molecule has 1 aromatic carbocycles. The highest BCUT2D eigenvalue weighted by Crippen LogP contribution is 2.42. The Morgan fingerprint density at radius 3 is 2.49 bits per heavy atom. The number of carbonyl (C=O) groups excluding carboxylic acids is 1. The molecule has 2 aliphatic carbocycles. The van der Waals surface area contributed by atoms with Gasteiger partial charge in [0.25, 0.3) is 0 Å². The number of nitrogens with zero attached hydrogens (tertiary/aromatic N) is 3. The molecule has 3 aliphatic rings. The van der Waals surface area contributed by atoms with Crippen LogP contribution >= 0.6 is 23.2 Å². The number of nitrogens with one attached hydrogen (secondary N) is 1. The van der Waals surface area contributed by atoms with Gasteiger partial charge in [-0.25, -0.2) is 9.31 Å². The van der Waals surface area contributed by atoms with Gasteiger partial charge < -0.3 is 19.5 Å². The minimum absolute atomic E-state index is 0.0573. The summed E-state index contributed by atoms with van der Waals surface area (Å²) in [5, 5.41) is 24.8. The van der Waals surface area contributed by atoms with Crippen molar-refractivity contribution in [2.75, 3.05) is 31.7 Å². The number of benzene rings is 1. The van der Waals surface area contributed by atoms with Gasteiger partial charge in [0.15, 0.2) is 0 Å². The topological polar surface area (TPSA) is 100 Å². The summed E-state index contributed by atoms with van der Waals surface area (Å²) in [5.41, 5.74) is 3.27. The van der Waals surface area contributed by atoms with Crippen LogP contribution in [0.25, 0.3) is 5.52 Å². The van der Waals surface area contributed by atoms with Crippen molar-refractivity contribution in [1.82, 2.24) is 9.61 Å². The van der Waals surface area contributed by atoms with E-state index < -0.39 is 5.97 Å². The number of rotatable bonds is 8. The zero-order chi connectivity index (χ0) is 27.3. The predicted molar refractivity (Wildman–Crippen MR) is 150 cm³/mol. The van der Waals surface area contributed by atoms with E-state index >= 15 is 0 Å². The van der Waals surface area contributed by atoms with E-state index in [0.29, 0.717) is 38.6 Å². The Bertz CT molecular complexity index is 1450. The lowest BCUT2D eigenvalue weighted by Crippen LogP contribution is -2.24. The number of hydrogen-bond acceptors (Lipinski definition) is 7. The van der Waals surface area contributed by atoms with Crippen LogP contribution in [0.5, 0.6) is 0 Å². The lowest BCUT2D eigenvalue weighted by Gasteiger charge is -2.22. The second kappa shape index (κ2) is 10.5. The molecule has 1 saturated heterocycles. The predicted octanol–water partition coefficient (Wildman–Crippen LogP) is 5.95. The minimum Gasteiger partial charge on any atom is -0.512 e. The molecule has 1 aliphatic heterocycles. The molecule has 2 saturated carbocycles. The first-order valence-corrected chi connectivity index (χ1v) is 14.0. The number of ether oxygens (including phenoxy) is 2. The number of methoxy groups -OCH3 is 1. The molecule has 6 rings (SSSR count). The third-order valence-electron chi connectivity index (χ3n) is 8.23. The van der Waals surface area contributed by atoms with Gasteiger partial charge in [-0.2, -0.15) is 5.10 Å². The van der Waals surface area contributed by atoms with Crippen LogP contribution in [-0.2, 0) is 9.47 Å². The van der Waals surface area contributed by atoms with Crippen LogP contribution in [0.15, 0.2) is 54.1 Å². The third kappa shape index (κ3) is 5.01. The number of aliphatic hydroxyl groups is 1. The molecule has 10 heteroatoms. The van der Waals surface area contributed by atoms with E-state index in [2.05, 4.69) is 10.00 Å². The molecule has 3 aromatic rings. The molecule has 3 heterocycles. The molecule has 39 heavy (non-hydrogen) atoms. The summed E-state index contributed by atoms with van der Waals surface area (Å²) in [6.45, 7) is 1.97. The van der Waals surface area contributed by atoms with Crippen LogP contribution in [0.1, 0.15) is 41.6 Å². The van der Waals surface area contributed by atoms with Crippen LogP contribution in [0, 0.1) is 23.2 Å². The van der Waals surface area contributed by atoms with Gasteiger partial charge in [0.1, 0.15) is 11.3 Å². The molecule has 1 unspecified atom stereocenters. The molecule has 2 N–H and O–H groups in total. The number of hydrogen-bond donors (Lipinski definition) is 2. The Morgan fingerprint density at radius 1 is 1.15 bits per heavy atom. The maximum Gasteiger partial charge on any atom is 0.341 e. The Morgan fingerprint density at radius 2 is 1.85 bits per heavy atom. The van der Waals surface area contributed by atoms with E-state index in [-0.39, 0.29) is 30.1 Å². The first-order valence-electron chi connectivity index (χ1n) is 13.2. The Hall–Kier alpha value is -3.07. The zero-order valence-electron chi connectivity index (χ0n) is 21.6. The molecule has 0 radical (unpaired) electrons. The van der Waals surface area contributed by atoms with E-state index in [1.807, 2.05) is 18.3 Å². The molecule has 0 spiro atoms. The van der Waals surface area contributed by atoms with Crippen molar-refractivity contribution in [3.05, 3.63) is 75.2 Å². The highest BCUT2D eigenvalue weighted by Gasteiger charge is 2.42. The number of pyridine rings is 1. The van der Waals surface area contributed by atoms with E-state index in [1.54, 1.807) is 22.7 Å². The summed E-state index contributed by atoms with van der Waals surface area (Å²) in [6, 6.07) is 9.18. The zero-order valence-corrected chi connectivity index (χ0v) is 23.1. The van der Waals surface area contributed by atoms with Gasteiger partial charge in [0.05, 0.1) is 47.3 Å². The van der Waals surface area contributed by atoms with Crippen LogP contribution in [0.4, 0.5) is 5.69 Å². The number of aromatic nitrogens is 2. The fourth-order valence-corrected chi connectivity index (χ4v) is 6.58. The van der Waals surface area contributed by atoms with Gasteiger partial charge >= 0.3 is 5.97 Å². The monoisotopic (exact) mass is 568 g/mol. The molecule has 3 atom stereocenters. The largest absolute Gasteiger partial charge is 0.512 e. The van der Waals surface area contributed by atoms with Crippen molar-refractivity contribution < 1.29 is 19.4 Å². The van der Waals surface area contributed by atoms with E-state index in [4.69, 9.17) is 38.1 Å². The van der Waals surface area contributed by atoms with E-state index in [1.165, 1.54) is 13.3 Å². The maximum absolute atomic E-state index is 12.1. The Labute approximate surface area is 236 Å². The quantitative estimate of drug-likeness (QED) is 0.198. The SMILES string of the molecule is COC(=O)c1cnn2ccc(N3CC4C[C@H](OC/C(C(=N)c5c(Cl)cccc5Cl)=C(/O)C5CC5)C[C@H]4C3)cc12. The molecular formula is C29H30Cl2N4O4. The van der Waals surface area contributed by atoms with Gasteiger partial charge in [0, 0.05) is 42.0 Å². The number of carbonyl (C=O) groups is 1. The Balaban J connectivity index is 1.12. The average molecular weight is 569 g/mol. The fraction of sp³-hybridized carbons (Fsp3) is 0.414. The van der Waals surface area contributed by atoms with E-state index in [9.17, 15) is 9.90 Å². The molecule has 8 nitrogen and oxygen atoms in total. The van der Waals surface area contributed by atoms with Crippen LogP contribution in [0.2, 0.25) is 10.0 Å². The van der Waals surface area contributed by atoms with Gasteiger partial charge in [0.2, 0.25) is 0 Å². The summed E-state index contributed by atoms with van der Waals surface area (Å²) < 4.78 is 12.9. The smallest absolute Gasteiger partial charge is 0.341 e. The average Bonchev–Trinajstić information content (AvgIpc) is 3.40. The number of allylic oxidation sites excluding steroid dienone is 1. The number of halogens is 2. The molecule has 0 bridgehead atoms. The standard InChI is InChI=1S/C29H30Cl2N4O4/c1-38-29(37)21-12-33-35-8-7-19(11-25(21)35)34-13-17-9-20(10-18(17)14-34)39-15-22(28(36)16-5-6-16)27(32)26-23(30)3-2-4-24(26)31/h2-4,7-8,11-12,16-18,20,32,36H,5-6,9-10,13-15H2,1H3/b28-22-,32-27?/t17-,18?,20+/m0/s1. The second-order valence-corrected chi connectivity index (χ2v) is 11.5. The van der Waals surface area contributed by atoms with Crippen molar-refractivity contribution in [3.8, 4) is 0 Å². The lowest BCUT2D eigenvalue weighted by molar-refractivity contribution is 0.0602. The van der Waals surface area contributed by atoms with Crippen molar-refractivity contribution in [2.24, 2.45) is 17.8 Å². The van der Waals surface area contributed by atoms with Gasteiger partial charge in [-0.1, -0.05) is 29.3 Å². The van der Waals surface area contributed by atoms with Crippen molar-refractivity contribution in [3.63, 3.8) is 0 Å². The molecule has 3 fully saturated rings. The summed E-state index contributed by atoms with van der Waals surface area (Å²) >= 11 is 12.8. The molecule has 204 valence electrons.